The molecular weight excluding hydrogens is 314 g/mol. The molecule has 2 aromatic heterocycles. The van der Waals surface area contributed by atoms with E-state index in [1.54, 1.807) is 18.5 Å². The molecule has 4 rings (SSSR count). The molecule has 2 N–H and O–H groups in total. The van der Waals surface area contributed by atoms with Crippen molar-refractivity contribution in [2.45, 2.75) is 38.1 Å². The van der Waals surface area contributed by atoms with Crippen LogP contribution in [0.15, 0.2) is 30.6 Å². The van der Waals surface area contributed by atoms with Gasteiger partial charge in [0.15, 0.2) is 0 Å². The van der Waals surface area contributed by atoms with Gasteiger partial charge in [-0.05, 0) is 62.9 Å². The lowest BCUT2D eigenvalue weighted by Gasteiger charge is -2.44. The molecule has 2 atom stereocenters. The fraction of sp³-hybridized carbons (Fsp3) is 0.526. The zero-order valence-electron chi connectivity index (χ0n) is 14.4. The van der Waals surface area contributed by atoms with Gasteiger partial charge in [0.05, 0.1) is 5.69 Å². The molecule has 6 nitrogen and oxygen atoms in total. The number of amides is 1. The maximum atomic E-state index is 12.5. The smallest absolute Gasteiger partial charge is 0.269 e. The summed E-state index contributed by atoms with van der Waals surface area (Å²) < 4.78 is 0. The van der Waals surface area contributed by atoms with Gasteiger partial charge in [0.25, 0.3) is 5.91 Å². The Hall–Kier alpha value is -2.21. The summed E-state index contributed by atoms with van der Waals surface area (Å²) in [6.45, 7) is 3.21. The molecule has 4 heterocycles. The summed E-state index contributed by atoms with van der Waals surface area (Å²) in [5.74, 6) is 0.501. The van der Waals surface area contributed by atoms with Gasteiger partial charge >= 0.3 is 0 Å². The fourth-order valence-corrected chi connectivity index (χ4v) is 4.24. The fourth-order valence-electron chi connectivity index (χ4n) is 4.24. The highest BCUT2D eigenvalue weighted by Gasteiger charge is 2.33. The van der Waals surface area contributed by atoms with E-state index in [-0.39, 0.29) is 5.91 Å². The van der Waals surface area contributed by atoms with Gasteiger partial charge in [-0.3, -0.25) is 14.9 Å². The number of nitrogens with one attached hydrogen (secondary N) is 2. The molecule has 2 aromatic rings. The Morgan fingerprint density at radius 3 is 2.92 bits per heavy atom. The number of aromatic nitrogens is 3. The topological polar surface area (TPSA) is 73.9 Å². The molecule has 2 saturated heterocycles. The van der Waals surface area contributed by atoms with Gasteiger partial charge in [0.1, 0.15) is 5.69 Å². The van der Waals surface area contributed by atoms with E-state index in [0.29, 0.717) is 17.7 Å². The number of hydrogen-bond donors (Lipinski definition) is 2. The zero-order chi connectivity index (χ0) is 17.1. The molecule has 0 aliphatic carbocycles. The average molecular weight is 339 g/mol. The van der Waals surface area contributed by atoms with Crippen LogP contribution < -0.4 is 5.32 Å². The maximum Gasteiger partial charge on any atom is 0.269 e. The second-order valence-corrected chi connectivity index (χ2v) is 7.11. The van der Waals surface area contributed by atoms with Gasteiger partial charge in [0.2, 0.25) is 0 Å². The van der Waals surface area contributed by atoms with E-state index < -0.39 is 0 Å². The van der Waals surface area contributed by atoms with Crippen molar-refractivity contribution in [3.63, 3.8) is 0 Å². The number of carbonyl (C=O) groups excluding carboxylic acids is 1. The number of H-pyrrole nitrogens is 1. The molecule has 2 aliphatic rings. The lowest BCUT2D eigenvalue weighted by Crippen LogP contribution is -2.51. The monoisotopic (exact) mass is 339 g/mol. The van der Waals surface area contributed by atoms with Crippen molar-refractivity contribution in [3.8, 4) is 11.3 Å². The van der Waals surface area contributed by atoms with Crippen LogP contribution in [-0.4, -0.2) is 51.7 Å². The van der Waals surface area contributed by atoms with E-state index in [9.17, 15) is 4.79 Å². The molecule has 2 unspecified atom stereocenters. The second kappa shape index (κ2) is 7.35. The molecule has 0 radical (unpaired) electrons. The third-order valence-corrected chi connectivity index (χ3v) is 5.55. The maximum absolute atomic E-state index is 12.5. The molecule has 1 amide bonds. The van der Waals surface area contributed by atoms with Crippen molar-refractivity contribution < 1.29 is 4.79 Å². The molecule has 6 heteroatoms. The summed E-state index contributed by atoms with van der Waals surface area (Å²) >= 11 is 0. The van der Waals surface area contributed by atoms with Crippen molar-refractivity contribution in [1.29, 1.82) is 0 Å². The van der Waals surface area contributed by atoms with Gasteiger partial charge in [-0.25, -0.2) is 0 Å². The van der Waals surface area contributed by atoms with Crippen molar-refractivity contribution in [2.24, 2.45) is 5.92 Å². The van der Waals surface area contributed by atoms with Crippen molar-refractivity contribution in [3.05, 3.63) is 36.3 Å². The van der Waals surface area contributed by atoms with Crippen LogP contribution in [0.1, 0.15) is 42.6 Å². The van der Waals surface area contributed by atoms with Crippen LogP contribution in [0.3, 0.4) is 0 Å². The van der Waals surface area contributed by atoms with Crippen LogP contribution in [0.5, 0.6) is 0 Å². The summed E-state index contributed by atoms with van der Waals surface area (Å²) in [7, 11) is 0. The van der Waals surface area contributed by atoms with Crippen LogP contribution in [0.2, 0.25) is 0 Å². The first-order valence-electron chi connectivity index (χ1n) is 9.29. The van der Waals surface area contributed by atoms with Gasteiger partial charge in [-0.1, -0.05) is 6.42 Å². The summed E-state index contributed by atoms with van der Waals surface area (Å²) in [5, 5.41) is 10.2. The zero-order valence-corrected chi connectivity index (χ0v) is 14.4. The second-order valence-electron chi connectivity index (χ2n) is 7.11. The van der Waals surface area contributed by atoms with Crippen LogP contribution in [0, 0.1) is 5.92 Å². The molecule has 0 spiro atoms. The highest BCUT2D eigenvalue weighted by atomic mass is 16.1. The molecular formula is C19H25N5O. The highest BCUT2D eigenvalue weighted by Crippen LogP contribution is 2.30. The largest absolute Gasteiger partial charge is 0.350 e. The van der Waals surface area contributed by atoms with Crippen LogP contribution in [0.4, 0.5) is 0 Å². The van der Waals surface area contributed by atoms with Crippen molar-refractivity contribution >= 4 is 5.91 Å². The predicted molar refractivity (Wildman–Crippen MR) is 96.1 cm³/mol. The van der Waals surface area contributed by atoms with Crippen LogP contribution in [0.25, 0.3) is 11.3 Å². The minimum absolute atomic E-state index is 0.0688. The number of piperidine rings is 2. The van der Waals surface area contributed by atoms with Gasteiger partial charge < -0.3 is 10.2 Å². The normalized spacial score (nSPS) is 23.8. The van der Waals surface area contributed by atoms with Crippen LogP contribution in [-0.2, 0) is 0 Å². The number of carbonyl (C=O) groups is 1. The van der Waals surface area contributed by atoms with Crippen molar-refractivity contribution in [2.75, 3.05) is 19.6 Å². The van der Waals surface area contributed by atoms with E-state index in [0.717, 1.165) is 17.8 Å². The first kappa shape index (κ1) is 16.3. The average Bonchev–Trinajstić information content (AvgIpc) is 3.17. The number of hydrogen-bond acceptors (Lipinski definition) is 4. The Morgan fingerprint density at radius 2 is 2.04 bits per heavy atom. The Labute approximate surface area is 148 Å². The van der Waals surface area contributed by atoms with E-state index in [2.05, 4.69) is 25.4 Å². The minimum Gasteiger partial charge on any atom is -0.350 e. The number of pyridine rings is 1. The Morgan fingerprint density at radius 1 is 1.20 bits per heavy atom. The van der Waals surface area contributed by atoms with Crippen molar-refractivity contribution in [1.82, 2.24) is 25.4 Å². The number of aromatic amines is 1. The minimum atomic E-state index is -0.0688. The predicted octanol–water partition coefficient (Wildman–Crippen LogP) is 2.47. The number of fused-ring (bicyclic) bond motifs is 1. The number of rotatable bonds is 4. The highest BCUT2D eigenvalue weighted by molar-refractivity contribution is 5.93. The third kappa shape index (κ3) is 3.58. The van der Waals surface area contributed by atoms with E-state index in [1.165, 1.54) is 45.2 Å². The Balaban J connectivity index is 1.37. The third-order valence-electron chi connectivity index (χ3n) is 5.55. The summed E-state index contributed by atoms with van der Waals surface area (Å²) in [4.78, 5) is 19.1. The molecule has 2 fully saturated rings. The first-order chi connectivity index (χ1) is 12.3. The first-order valence-corrected chi connectivity index (χ1v) is 9.29. The van der Waals surface area contributed by atoms with E-state index in [1.807, 2.05) is 12.1 Å². The Bertz CT molecular complexity index is 712. The van der Waals surface area contributed by atoms with E-state index >= 15 is 0 Å². The van der Waals surface area contributed by atoms with Gasteiger partial charge in [0, 0.05) is 30.5 Å². The van der Waals surface area contributed by atoms with E-state index in [4.69, 9.17) is 0 Å². The molecule has 0 bridgehead atoms. The van der Waals surface area contributed by atoms with Gasteiger partial charge in [-0.15, -0.1) is 0 Å². The molecule has 0 saturated carbocycles. The summed E-state index contributed by atoms with van der Waals surface area (Å²) in [5.41, 5.74) is 2.24. The molecule has 25 heavy (non-hydrogen) atoms. The SMILES string of the molecule is O=C(NCC1CCCN2CCCCC12)c1cc(-c2ccncc2)n[nH]1. The van der Waals surface area contributed by atoms with Gasteiger partial charge in [-0.2, -0.15) is 5.10 Å². The lowest BCUT2D eigenvalue weighted by molar-refractivity contribution is 0.0575. The Kier molecular flexibility index (Phi) is 4.78. The molecule has 2 aliphatic heterocycles. The molecule has 0 aromatic carbocycles. The molecule has 132 valence electrons. The summed E-state index contributed by atoms with van der Waals surface area (Å²) in [6, 6.07) is 6.23. The standard InChI is InChI=1S/C19H25N5O/c25-19(17-12-16(22-23-17)14-6-8-20-9-7-14)21-13-15-4-3-11-24-10-2-1-5-18(15)24/h6-9,12,15,18H,1-5,10-11,13H2,(H,21,25)(H,22,23). The number of nitrogens with zero attached hydrogens (tertiary/aromatic N) is 3. The lowest BCUT2D eigenvalue weighted by atomic mass is 9.83. The quantitative estimate of drug-likeness (QED) is 0.897. The summed E-state index contributed by atoms with van der Waals surface area (Å²) in [6.07, 6.45) is 9.82. The van der Waals surface area contributed by atoms with Crippen LogP contribution >= 0.6 is 0 Å².